The summed E-state index contributed by atoms with van der Waals surface area (Å²) in [6.07, 6.45) is 0.994. The number of rotatable bonds is 8. The first-order chi connectivity index (χ1) is 6.65. The summed E-state index contributed by atoms with van der Waals surface area (Å²) in [5, 5.41) is 3.03. The Morgan fingerprint density at radius 2 is 2.00 bits per heavy atom. The van der Waals surface area contributed by atoms with Gasteiger partial charge in [-0.15, -0.1) is 0 Å². The molecule has 0 saturated carbocycles. The van der Waals surface area contributed by atoms with E-state index in [1.54, 1.807) is 0 Å². The van der Waals surface area contributed by atoms with Gasteiger partial charge in [0, 0.05) is 20.6 Å². The van der Waals surface area contributed by atoms with Crippen LogP contribution in [0.3, 0.4) is 0 Å². The SMILES string of the molecule is CCCNC(CC(OC)OC)C(N)=O. The number of nitrogens with one attached hydrogen (secondary N) is 1. The highest BCUT2D eigenvalue weighted by atomic mass is 16.7. The van der Waals surface area contributed by atoms with Gasteiger partial charge in [-0.05, 0) is 13.0 Å². The standard InChI is InChI=1S/C9H20N2O3/c1-4-5-11-7(9(10)12)6-8(13-2)14-3/h7-8,11H,4-6H2,1-3H3,(H2,10,12). The Bertz CT molecular complexity index is 160. The van der Waals surface area contributed by atoms with Crippen molar-refractivity contribution in [2.75, 3.05) is 20.8 Å². The molecule has 0 aliphatic heterocycles. The van der Waals surface area contributed by atoms with Crippen LogP contribution in [0.2, 0.25) is 0 Å². The molecule has 0 radical (unpaired) electrons. The van der Waals surface area contributed by atoms with E-state index < -0.39 is 6.29 Å². The second kappa shape index (κ2) is 7.73. The van der Waals surface area contributed by atoms with E-state index in [9.17, 15) is 4.79 Å². The molecular formula is C9H20N2O3. The summed E-state index contributed by atoms with van der Waals surface area (Å²) in [4.78, 5) is 11.0. The molecule has 0 aliphatic rings. The van der Waals surface area contributed by atoms with Crippen molar-refractivity contribution in [1.82, 2.24) is 5.32 Å². The van der Waals surface area contributed by atoms with Gasteiger partial charge in [-0.25, -0.2) is 0 Å². The molecule has 0 bridgehead atoms. The number of hydrogen-bond donors (Lipinski definition) is 2. The fraction of sp³-hybridized carbons (Fsp3) is 0.889. The molecule has 0 aromatic heterocycles. The van der Waals surface area contributed by atoms with E-state index in [0.717, 1.165) is 13.0 Å². The van der Waals surface area contributed by atoms with Crippen LogP contribution in [0.4, 0.5) is 0 Å². The van der Waals surface area contributed by atoms with Crippen LogP contribution in [0.25, 0.3) is 0 Å². The number of primary amides is 1. The number of nitrogens with two attached hydrogens (primary N) is 1. The largest absolute Gasteiger partial charge is 0.368 e. The minimum atomic E-state index is -0.392. The monoisotopic (exact) mass is 204 g/mol. The maximum Gasteiger partial charge on any atom is 0.234 e. The van der Waals surface area contributed by atoms with E-state index in [4.69, 9.17) is 15.2 Å². The molecular weight excluding hydrogens is 184 g/mol. The zero-order chi connectivity index (χ0) is 11.0. The van der Waals surface area contributed by atoms with Crippen LogP contribution in [0.1, 0.15) is 19.8 Å². The Morgan fingerprint density at radius 1 is 1.43 bits per heavy atom. The molecule has 1 amide bonds. The molecule has 0 aromatic carbocycles. The minimum Gasteiger partial charge on any atom is -0.368 e. The molecule has 84 valence electrons. The van der Waals surface area contributed by atoms with Gasteiger partial charge in [0.1, 0.15) is 0 Å². The van der Waals surface area contributed by atoms with Crippen LogP contribution >= 0.6 is 0 Å². The van der Waals surface area contributed by atoms with Crippen molar-refractivity contribution in [3.05, 3.63) is 0 Å². The highest BCUT2D eigenvalue weighted by molar-refractivity contribution is 5.79. The van der Waals surface area contributed by atoms with Crippen molar-refractivity contribution >= 4 is 5.91 Å². The van der Waals surface area contributed by atoms with Gasteiger partial charge >= 0.3 is 0 Å². The van der Waals surface area contributed by atoms with Gasteiger partial charge in [0.25, 0.3) is 0 Å². The molecule has 0 aliphatic carbocycles. The van der Waals surface area contributed by atoms with E-state index in [-0.39, 0.29) is 11.9 Å². The van der Waals surface area contributed by atoms with Gasteiger partial charge in [0.2, 0.25) is 5.91 Å². The fourth-order valence-electron chi connectivity index (χ4n) is 1.10. The Hall–Kier alpha value is -0.650. The topological polar surface area (TPSA) is 73.6 Å². The highest BCUT2D eigenvalue weighted by Gasteiger charge is 2.19. The second-order valence-corrected chi connectivity index (χ2v) is 3.05. The maximum atomic E-state index is 11.0. The van der Waals surface area contributed by atoms with Crippen LogP contribution < -0.4 is 11.1 Å². The molecule has 0 rings (SSSR count). The number of methoxy groups -OCH3 is 2. The second-order valence-electron chi connectivity index (χ2n) is 3.05. The molecule has 0 heterocycles. The highest BCUT2D eigenvalue weighted by Crippen LogP contribution is 2.02. The number of carbonyl (C=O) groups is 1. The Kier molecular flexibility index (Phi) is 7.37. The van der Waals surface area contributed by atoms with Gasteiger partial charge in [-0.3, -0.25) is 4.79 Å². The predicted molar refractivity (Wildman–Crippen MR) is 53.7 cm³/mol. The van der Waals surface area contributed by atoms with Gasteiger partial charge in [0.15, 0.2) is 6.29 Å². The molecule has 14 heavy (non-hydrogen) atoms. The third kappa shape index (κ3) is 5.16. The van der Waals surface area contributed by atoms with Crippen molar-refractivity contribution in [2.24, 2.45) is 5.73 Å². The van der Waals surface area contributed by atoms with E-state index in [0.29, 0.717) is 6.42 Å². The Morgan fingerprint density at radius 3 is 2.36 bits per heavy atom. The normalized spacial score (nSPS) is 13.1. The van der Waals surface area contributed by atoms with E-state index in [1.165, 1.54) is 14.2 Å². The van der Waals surface area contributed by atoms with Crippen molar-refractivity contribution in [3.8, 4) is 0 Å². The van der Waals surface area contributed by atoms with Crippen LogP contribution in [-0.4, -0.2) is 39.0 Å². The smallest absolute Gasteiger partial charge is 0.234 e. The molecule has 5 nitrogen and oxygen atoms in total. The molecule has 1 unspecified atom stereocenters. The van der Waals surface area contributed by atoms with E-state index >= 15 is 0 Å². The first kappa shape index (κ1) is 13.4. The third-order valence-corrected chi connectivity index (χ3v) is 1.94. The molecule has 0 spiro atoms. The van der Waals surface area contributed by atoms with Crippen molar-refractivity contribution < 1.29 is 14.3 Å². The molecule has 1 atom stereocenters. The van der Waals surface area contributed by atoms with Crippen LogP contribution in [0.5, 0.6) is 0 Å². The van der Waals surface area contributed by atoms with Gasteiger partial charge < -0.3 is 20.5 Å². The summed E-state index contributed by atoms with van der Waals surface area (Å²) in [6, 6.07) is -0.389. The summed E-state index contributed by atoms with van der Waals surface area (Å²) < 4.78 is 9.98. The van der Waals surface area contributed by atoms with Crippen molar-refractivity contribution in [2.45, 2.75) is 32.1 Å². The zero-order valence-electron chi connectivity index (χ0n) is 9.08. The number of hydrogen-bond acceptors (Lipinski definition) is 4. The summed E-state index contributed by atoms with van der Waals surface area (Å²) in [5.41, 5.74) is 5.22. The lowest BCUT2D eigenvalue weighted by molar-refractivity contribution is -0.130. The average molecular weight is 204 g/mol. The molecule has 0 fully saturated rings. The van der Waals surface area contributed by atoms with E-state index in [2.05, 4.69) is 5.32 Å². The molecule has 0 saturated heterocycles. The molecule has 0 aromatic rings. The van der Waals surface area contributed by atoms with Crippen molar-refractivity contribution in [3.63, 3.8) is 0 Å². The Balaban J connectivity index is 4.00. The van der Waals surface area contributed by atoms with E-state index in [1.807, 2.05) is 6.92 Å². The van der Waals surface area contributed by atoms with Crippen LogP contribution in [0, 0.1) is 0 Å². The molecule has 5 heteroatoms. The lowest BCUT2D eigenvalue weighted by Gasteiger charge is -2.20. The zero-order valence-corrected chi connectivity index (χ0v) is 9.08. The van der Waals surface area contributed by atoms with Crippen molar-refractivity contribution in [1.29, 1.82) is 0 Å². The minimum absolute atomic E-state index is 0.377. The average Bonchev–Trinajstić information content (AvgIpc) is 2.18. The van der Waals surface area contributed by atoms with Crippen LogP contribution in [0.15, 0.2) is 0 Å². The number of ether oxygens (including phenoxy) is 2. The van der Waals surface area contributed by atoms with Gasteiger partial charge in [-0.1, -0.05) is 6.92 Å². The fourth-order valence-corrected chi connectivity index (χ4v) is 1.10. The quantitative estimate of drug-likeness (QED) is 0.539. The summed E-state index contributed by atoms with van der Waals surface area (Å²) >= 11 is 0. The Labute approximate surface area is 84.9 Å². The first-order valence-electron chi connectivity index (χ1n) is 4.74. The number of carbonyl (C=O) groups excluding carboxylic acids is 1. The van der Waals surface area contributed by atoms with Crippen LogP contribution in [-0.2, 0) is 14.3 Å². The molecule has 3 N–H and O–H groups in total. The summed E-state index contributed by atoms with van der Waals surface area (Å²) in [5.74, 6) is -0.377. The first-order valence-corrected chi connectivity index (χ1v) is 4.74. The maximum absolute atomic E-state index is 11.0. The lowest BCUT2D eigenvalue weighted by atomic mass is 10.2. The van der Waals surface area contributed by atoms with Gasteiger partial charge in [-0.2, -0.15) is 0 Å². The third-order valence-electron chi connectivity index (χ3n) is 1.94. The number of amides is 1. The van der Waals surface area contributed by atoms with Gasteiger partial charge in [0.05, 0.1) is 6.04 Å². The summed E-state index contributed by atoms with van der Waals surface area (Å²) in [7, 11) is 3.07. The lowest BCUT2D eigenvalue weighted by Crippen LogP contribution is -2.44. The summed E-state index contributed by atoms with van der Waals surface area (Å²) in [6.45, 7) is 2.78. The predicted octanol–water partition coefficient (Wildman–Crippen LogP) is -0.151.